The Balaban J connectivity index is 3.18. The highest BCUT2D eigenvalue weighted by atomic mass is 32.2. The van der Waals surface area contributed by atoms with E-state index in [1.807, 2.05) is 6.92 Å². The molecule has 1 atom stereocenters. The van der Waals surface area contributed by atoms with E-state index in [1.165, 1.54) is 0 Å². The number of halogens is 3. The van der Waals surface area contributed by atoms with Crippen molar-refractivity contribution in [3.8, 4) is 0 Å². The summed E-state index contributed by atoms with van der Waals surface area (Å²) in [4.78, 5) is 0. The Morgan fingerprint density at radius 2 is 1.92 bits per heavy atom. The van der Waals surface area contributed by atoms with Crippen LogP contribution in [0.15, 0.2) is 0 Å². The number of hydrogen-bond acceptors (Lipinski definition) is 2. The van der Waals surface area contributed by atoms with Gasteiger partial charge < -0.3 is 5.11 Å². The van der Waals surface area contributed by atoms with Gasteiger partial charge in [-0.05, 0) is 19.3 Å². The number of unbranched alkanes of at least 4 members (excludes halogenated alkanes) is 1. The molecule has 0 bridgehead atoms. The normalized spacial score (nSPS) is 14.5. The summed E-state index contributed by atoms with van der Waals surface area (Å²) in [6, 6.07) is 0. The third kappa shape index (κ3) is 10.0. The molecule has 0 spiro atoms. The van der Waals surface area contributed by atoms with E-state index in [0.717, 1.165) is 0 Å². The summed E-state index contributed by atoms with van der Waals surface area (Å²) in [6.07, 6.45) is 2.11. The Morgan fingerprint density at radius 1 is 1.31 bits per heavy atom. The summed E-state index contributed by atoms with van der Waals surface area (Å²) < 4.78 is 34.9. The molecule has 0 rings (SSSR count). The van der Waals surface area contributed by atoms with E-state index in [-0.39, 0.29) is 23.6 Å². The minimum absolute atomic E-state index is 0.0112. The molecule has 0 saturated heterocycles. The highest BCUT2D eigenvalue weighted by Crippen LogP contribution is 2.30. The van der Waals surface area contributed by atoms with E-state index in [2.05, 4.69) is 0 Å². The number of aliphatic hydroxyl groups is 1. The molecule has 1 nitrogen and oxygen atoms in total. The van der Waals surface area contributed by atoms with Crippen LogP contribution in [-0.4, -0.2) is 22.5 Å². The predicted molar refractivity (Wildman–Crippen MR) is 48.7 cm³/mol. The van der Waals surface area contributed by atoms with Crippen LogP contribution in [0.2, 0.25) is 0 Å². The minimum atomic E-state index is -4.11. The van der Waals surface area contributed by atoms with Crippen molar-refractivity contribution >= 4 is 11.8 Å². The van der Waals surface area contributed by atoms with Crippen molar-refractivity contribution in [1.82, 2.24) is 0 Å². The molecule has 1 N–H and O–H groups in total. The first-order valence-electron chi connectivity index (χ1n) is 4.34. The van der Waals surface area contributed by atoms with Crippen molar-refractivity contribution in [2.24, 2.45) is 0 Å². The van der Waals surface area contributed by atoms with Gasteiger partial charge in [0, 0.05) is 5.75 Å². The fraction of sp³-hybridized carbons (Fsp3) is 1.00. The molecule has 0 aromatic carbocycles. The predicted octanol–water partition coefficient (Wildman–Crippen LogP) is 3.18. The molecule has 80 valence electrons. The van der Waals surface area contributed by atoms with E-state index in [4.69, 9.17) is 5.11 Å². The van der Waals surface area contributed by atoms with Crippen LogP contribution in [0.3, 0.4) is 0 Å². The van der Waals surface area contributed by atoms with E-state index >= 15 is 0 Å². The lowest BCUT2D eigenvalue weighted by Crippen LogP contribution is -2.05. The van der Waals surface area contributed by atoms with Gasteiger partial charge in [0.25, 0.3) is 0 Å². The molecule has 0 aromatic rings. The number of thioether (sulfide) groups is 1. The Hall–Kier alpha value is 0.100. The monoisotopic (exact) mass is 216 g/mol. The van der Waals surface area contributed by atoms with Gasteiger partial charge in [-0.3, -0.25) is 0 Å². The van der Waals surface area contributed by atoms with Gasteiger partial charge in [-0.15, -0.1) is 0 Å². The fourth-order valence-corrected chi connectivity index (χ4v) is 1.45. The van der Waals surface area contributed by atoms with E-state index in [9.17, 15) is 13.2 Å². The summed E-state index contributed by atoms with van der Waals surface area (Å²) in [5.74, 6) is 0.0972. The van der Waals surface area contributed by atoms with Crippen molar-refractivity contribution in [3.63, 3.8) is 0 Å². The lowest BCUT2D eigenvalue weighted by molar-refractivity contribution is -0.0328. The van der Waals surface area contributed by atoms with Crippen LogP contribution in [-0.2, 0) is 0 Å². The highest BCUT2D eigenvalue weighted by molar-refractivity contribution is 8.00. The molecular weight excluding hydrogens is 201 g/mol. The van der Waals surface area contributed by atoms with Crippen LogP contribution in [0.4, 0.5) is 13.2 Å². The van der Waals surface area contributed by atoms with E-state index < -0.39 is 5.51 Å². The fourth-order valence-electron chi connectivity index (χ4n) is 0.874. The summed E-state index contributed by atoms with van der Waals surface area (Å²) in [6.45, 7) is 1.86. The smallest absolute Gasteiger partial charge is 0.393 e. The molecule has 5 heteroatoms. The third-order valence-electron chi connectivity index (χ3n) is 1.67. The van der Waals surface area contributed by atoms with Gasteiger partial charge in [-0.25, -0.2) is 0 Å². The average molecular weight is 216 g/mol. The molecule has 13 heavy (non-hydrogen) atoms. The first-order valence-corrected chi connectivity index (χ1v) is 5.33. The number of alkyl halides is 3. The Morgan fingerprint density at radius 3 is 2.38 bits per heavy atom. The minimum Gasteiger partial charge on any atom is -0.393 e. The summed E-state index contributed by atoms with van der Waals surface area (Å²) >= 11 is 0.0112. The average Bonchev–Trinajstić information content (AvgIpc) is 2.01. The molecule has 1 unspecified atom stereocenters. The number of rotatable bonds is 6. The van der Waals surface area contributed by atoms with Gasteiger partial charge in [0.05, 0.1) is 6.10 Å². The van der Waals surface area contributed by atoms with Crippen molar-refractivity contribution < 1.29 is 18.3 Å². The molecule has 0 radical (unpaired) electrons. The van der Waals surface area contributed by atoms with Gasteiger partial charge in [0.15, 0.2) is 0 Å². The van der Waals surface area contributed by atoms with Crippen molar-refractivity contribution in [3.05, 3.63) is 0 Å². The Kier molecular flexibility index (Phi) is 6.59. The molecule has 0 aliphatic heterocycles. The standard InChI is InChI=1S/C8H15F3OS/c1-2-7(12)5-3-4-6-13-8(9,10)11/h7,12H,2-6H2,1H3. The summed E-state index contributed by atoms with van der Waals surface area (Å²) in [5, 5.41) is 9.09. The second-order valence-corrected chi connectivity index (χ2v) is 4.01. The van der Waals surface area contributed by atoms with Crippen LogP contribution in [0.25, 0.3) is 0 Å². The number of aliphatic hydroxyl groups excluding tert-OH is 1. The van der Waals surface area contributed by atoms with E-state index in [1.54, 1.807) is 0 Å². The van der Waals surface area contributed by atoms with Crippen molar-refractivity contribution in [1.29, 1.82) is 0 Å². The largest absolute Gasteiger partial charge is 0.441 e. The van der Waals surface area contributed by atoms with E-state index in [0.29, 0.717) is 25.7 Å². The maximum Gasteiger partial charge on any atom is 0.441 e. The maximum atomic E-state index is 11.6. The van der Waals surface area contributed by atoms with Crippen LogP contribution in [0.1, 0.15) is 32.6 Å². The lowest BCUT2D eigenvalue weighted by Gasteiger charge is -2.07. The maximum absolute atomic E-state index is 11.6. The van der Waals surface area contributed by atoms with Gasteiger partial charge in [-0.1, -0.05) is 25.1 Å². The third-order valence-corrected chi connectivity index (χ3v) is 2.49. The second kappa shape index (κ2) is 6.54. The molecule has 0 aliphatic carbocycles. The van der Waals surface area contributed by atoms with Crippen LogP contribution >= 0.6 is 11.8 Å². The van der Waals surface area contributed by atoms with Gasteiger partial charge >= 0.3 is 5.51 Å². The topological polar surface area (TPSA) is 20.2 Å². The zero-order valence-electron chi connectivity index (χ0n) is 7.60. The van der Waals surface area contributed by atoms with Crippen LogP contribution in [0, 0.1) is 0 Å². The lowest BCUT2D eigenvalue weighted by atomic mass is 10.1. The summed E-state index contributed by atoms with van der Waals surface area (Å²) in [7, 11) is 0. The van der Waals surface area contributed by atoms with Crippen LogP contribution in [0.5, 0.6) is 0 Å². The van der Waals surface area contributed by atoms with Crippen molar-refractivity contribution in [2.75, 3.05) is 5.75 Å². The quantitative estimate of drug-likeness (QED) is 0.688. The molecule has 0 saturated carbocycles. The van der Waals surface area contributed by atoms with Gasteiger partial charge in [0.1, 0.15) is 0 Å². The zero-order valence-corrected chi connectivity index (χ0v) is 8.42. The first kappa shape index (κ1) is 13.1. The molecule has 0 heterocycles. The van der Waals surface area contributed by atoms with Gasteiger partial charge in [0.2, 0.25) is 0 Å². The second-order valence-electron chi connectivity index (χ2n) is 2.85. The Labute approximate surface area is 80.7 Å². The highest BCUT2D eigenvalue weighted by Gasteiger charge is 2.27. The van der Waals surface area contributed by atoms with Gasteiger partial charge in [-0.2, -0.15) is 13.2 Å². The Bertz CT molecular complexity index is 127. The zero-order chi connectivity index (χ0) is 10.3. The first-order chi connectivity index (χ1) is 5.95. The van der Waals surface area contributed by atoms with Crippen molar-refractivity contribution in [2.45, 2.75) is 44.2 Å². The summed E-state index contributed by atoms with van der Waals surface area (Å²) in [5.41, 5.74) is -4.11. The molecular formula is C8H15F3OS. The van der Waals surface area contributed by atoms with Crippen LogP contribution < -0.4 is 0 Å². The molecule has 0 aliphatic rings. The SMILES string of the molecule is CCC(O)CCCCSC(F)(F)F. The molecule has 0 amide bonds. The molecule has 0 aromatic heterocycles. The number of hydrogen-bond donors (Lipinski definition) is 1. The molecule has 0 fully saturated rings.